The molecule has 0 aliphatic carbocycles. The van der Waals surface area contributed by atoms with Gasteiger partial charge in [0, 0.05) is 5.69 Å². The zero-order valence-electron chi connectivity index (χ0n) is 11.9. The van der Waals surface area contributed by atoms with E-state index in [1.165, 1.54) is 7.11 Å². The monoisotopic (exact) mass is 297 g/mol. The molecule has 8 heteroatoms. The van der Waals surface area contributed by atoms with Gasteiger partial charge in [0.15, 0.2) is 6.61 Å². The molecular formula is C13H19N3O5. The molecule has 0 saturated carbocycles. The normalized spacial score (nSPS) is 11.8. The van der Waals surface area contributed by atoms with E-state index in [0.717, 1.165) is 5.56 Å². The molecule has 2 amide bonds. The van der Waals surface area contributed by atoms with Gasteiger partial charge in [0.25, 0.3) is 5.91 Å². The van der Waals surface area contributed by atoms with Gasteiger partial charge in [-0.1, -0.05) is 12.1 Å². The first-order valence-corrected chi connectivity index (χ1v) is 6.24. The van der Waals surface area contributed by atoms with Crippen LogP contribution in [0.3, 0.4) is 0 Å². The van der Waals surface area contributed by atoms with Gasteiger partial charge in [-0.05, 0) is 24.6 Å². The van der Waals surface area contributed by atoms with Crippen LogP contribution in [0.2, 0.25) is 0 Å². The largest absolute Gasteiger partial charge is 0.325 e. The molecule has 0 fully saturated rings. The van der Waals surface area contributed by atoms with Gasteiger partial charge in [-0.15, -0.1) is 0 Å². The number of hydrogen-bond acceptors (Lipinski definition) is 6. The van der Waals surface area contributed by atoms with Gasteiger partial charge in [0.1, 0.15) is 0 Å². The van der Waals surface area contributed by atoms with Gasteiger partial charge in [0.2, 0.25) is 5.91 Å². The summed E-state index contributed by atoms with van der Waals surface area (Å²) >= 11 is 0. The smallest absolute Gasteiger partial charge is 0.272 e. The molecule has 0 radical (unpaired) electrons. The Hall–Kier alpha value is -2.00. The van der Waals surface area contributed by atoms with Crippen molar-refractivity contribution in [2.75, 3.05) is 19.0 Å². The second kappa shape index (κ2) is 9.03. The Morgan fingerprint density at radius 2 is 1.95 bits per heavy atom. The van der Waals surface area contributed by atoms with E-state index in [0.29, 0.717) is 5.69 Å². The summed E-state index contributed by atoms with van der Waals surface area (Å²) in [7, 11) is 1.31. The lowest BCUT2D eigenvalue weighted by atomic mass is 10.2. The molecule has 1 aromatic rings. The maximum atomic E-state index is 11.4. The molecule has 0 aliphatic rings. The minimum absolute atomic E-state index is 0.181. The number of amides is 2. The summed E-state index contributed by atoms with van der Waals surface area (Å²) in [6, 6.07) is 6.38. The minimum Gasteiger partial charge on any atom is -0.325 e. The third-order valence-electron chi connectivity index (χ3n) is 2.37. The lowest BCUT2D eigenvalue weighted by molar-refractivity contribution is -0.269. The standard InChI is InChI=1S/C13H19N3O5/c1-9(14)13(18)15-11-5-3-10(4-6-11)7-20-16-12(17)8-21-19-2/h3-6,9H,7-8,14H2,1-2H3,(H,15,18)(H,16,17)/t9-/m0/s1. The fourth-order valence-corrected chi connectivity index (χ4v) is 1.28. The van der Waals surface area contributed by atoms with Crippen LogP contribution in [0.4, 0.5) is 5.69 Å². The molecule has 4 N–H and O–H groups in total. The van der Waals surface area contributed by atoms with E-state index in [-0.39, 0.29) is 19.1 Å². The molecule has 0 heterocycles. The van der Waals surface area contributed by atoms with Gasteiger partial charge >= 0.3 is 0 Å². The third-order valence-corrected chi connectivity index (χ3v) is 2.37. The molecule has 0 aromatic heterocycles. The zero-order valence-corrected chi connectivity index (χ0v) is 11.9. The number of anilines is 1. The van der Waals surface area contributed by atoms with E-state index in [9.17, 15) is 9.59 Å². The number of carbonyl (C=O) groups excluding carboxylic acids is 2. The van der Waals surface area contributed by atoms with Crippen molar-refractivity contribution in [1.29, 1.82) is 0 Å². The van der Waals surface area contributed by atoms with E-state index in [1.807, 2.05) is 0 Å². The summed E-state index contributed by atoms with van der Waals surface area (Å²) in [5.74, 6) is -0.720. The molecule has 0 aliphatic heterocycles. The van der Waals surface area contributed by atoms with Crippen LogP contribution in [-0.2, 0) is 30.8 Å². The topological polar surface area (TPSA) is 112 Å². The second-order valence-electron chi connectivity index (χ2n) is 4.22. The van der Waals surface area contributed by atoms with Crippen LogP contribution in [0.5, 0.6) is 0 Å². The van der Waals surface area contributed by atoms with E-state index < -0.39 is 11.9 Å². The maximum Gasteiger partial charge on any atom is 0.272 e. The number of rotatable bonds is 8. The molecule has 1 rings (SSSR count). The first kappa shape index (κ1) is 17.1. The number of benzene rings is 1. The highest BCUT2D eigenvalue weighted by Crippen LogP contribution is 2.10. The van der Waals surface area contributed by atoms with Gasteiger partial charge in [-0.25, -0.2) is 15.3 Å². The lowest BCUT2D eigenvalue weighted by Crippen LogP contribution is -2.32. The van der Waals surface area contributed by atoms with E-state index in [4.69, 9.17) is 10.6 Å². The van der Waals surface area contributed by atoms with Crippen molar-refractivity contribution in [1.82, 2.24) is 5.48 Å². The Morgan fingerprint density at radius 1 is 1.29 bits per heavy atom. The highest BCUT2D eigenvalue weighted by atomic mass is 17.2. The van der Waals surface area contributed by atoms with Crippen molar-refractivity contribution in [2.45, 2.75) is 19.6 Å². The van der Waals surface area contributed by atoms with Crippen LogP contribution in [0.15, 0.2) is 24.3 Å². The lowest BCUT2D eigenvalue weighted by Gasteiger charge is -2.09. The predicted octanol–water partition coefficient (Wildman–Crippen LogP) is 0.0981. The number of carbonyl (C=O) groups is 2. The Balaban J connectivity index is 2.34. The molecule has 8 nitrogen and oxygen atoms in total. The highest BCUT2D eigenvalue weighted by Gasteiger charge is 2.07. The third kappa shape index (κ3) is 6.82. The van der Waals surface area contributed by atoms with E-state index in [1.54, 1.807) is 31.2 Å². The average Bonchev–Trinajstić information content (AvgIpc) is 2.46. The van der Waals surface area contributed by atoms with Crippen molar-refractivity contribution in [3.63, 3.8) is 0 Å². The minimum atomic E-state index is -0.572. The summed E-state index contributed by atoms with van der Waals surface area (Å²) in [6.07, 6.45) is 0. The number of hydrogen-bond donors (Lipinski definition) is 3. The summed E-state index contributed by atoms with van der Waals surface area (Å²) in [5.41, 5.74) is 9.11. The fourth-order valence-electron chi connectivity index (χ4n) is 1.28. The molecule has 0 unspecified atom stereocenters. The van der Waals surface area contributed by atoms with Crippen LogP contribution >= 0.6 is 0 Å². The van der Waals surface area contributed by atoms with E-state index in [2.05, 4.69) is 20.6 Å². The summed E-state index contributed by atoms with van der Waals surface area (Å²) in [5, 5.41) is 2.66. The van der Waals surface area contributed by atoms with Crippen LogP contribution in [0.1, 0.15) is 12.5 Å². The first-order chi connectivity index (χ1) is 10.0. The molecule has 116 valence electrons. The average molecular weight is 297 g/mol. The second-order valence-corrected chi connectivity index (χ2v) is 4.22. The van der Waals surface area contributed by atoms with Gasteiger partial charge in [0.05, 0.1) is 19.8 Å². The maximum absolute atomic E-state index is 11.4. The van der Waals surface area contributed by atoms with Crippen molar-refractivity contribution >= 4 is 17.5 Å². The van der Waals surface area contributed by atoms with E-state index >= 15 is 0 Å². The fraction of sp³-hybridized carbons (Fsp3) is 0.385. The van der Waals surface area contributed by atoms with Crippen molar-refractivity contribution in [2.24, 2.45) is 5.73 Å². The van der Waals surface area contributed by atoms with Crippen LogP contribution in [0.25, 0.3) is 0 Å². The van der Waals surface area contributed by atoms with Gasteiger partial charge in [-0.3, -0.25) is 14.4 Å². The summed E-state index contributed by atoms with van der Waals surface area (Å²) in [6.45, 7) is 1.53. The molecule has 0 bridgehead atoms. The summed E-state index contributed by atoms with van der Waals surface area (Å²) in [4.78, 5) is 36.2. The first-order valence-electron chi connectivity index (χ1n) is 6.24. The van der Waals surface area contributed by atoms with Gasteiger partial charge < -0.3 is 11.1 Å². The SMILES string of the molecule is COOCC(=O)NOCc1ccc(NC(=O)[C@H](C)N)cc1. The number of nitrogens with one attached hydrogen (secondary N) is 2. The summed E-state index contributed by atoms with van der Waals surface area (Å²) < 4.78 is 0. The number of nitrogens with two attached hydrogens (primary N) is 1. The predicted molar refractivity (Wildman–Crippen MR) is 74.6 cm³/mol. The van der Waals surface area contributed by atoms with Crippen LogP contribution < -0.4 is 16.5 Å². The molecule has 1 atom stereocenters. The molecule has 0 saturated heterocycles. The van der Waals surface area contributed by atoms with Crippen LogP contribution in [0, 0.1) is 0 Å². The quantitative estimate of drug-likeness (QED) is 0.463. The van der Waals surface area contributed by atoms with Crippen LogP contribution in [-0.4, -0.2) is 31.6 Å². The highest BCUT2D eigenvalue weighted by molar-refractivity contribution is 5.94. The molecule has 1 aromatic carbocycles. The number of hydroxylamine groups is 1. The van der Waals surface area contributed by atoms with Gasteiger partial charge in [-0.2, -0.15) is 0 Å². The molecule has 0 spiro atoms. The Labute approximate surface area is 122 Å². The Bertz CT molecular complexity index is 461. The molecular weight excluding hydrogens is 278 g/mol. The van der Waals surface area contributed by atoms with Crippen molar-refractivity contribution in [3.8, 4) is 0 Å². The Morgan fingerprint density at radius 3 is 2.52 bits per heavy atom. The Kier molecular flexibility index (Phi) is 7.33. The van der Waals surface area contributed by atoms with Crippen molar-refractivity contribution < 1.29 is 24.2 Å². The zero-order chi connectivity index (χ0) is 15.7. The molecule has 21 heavy (non-hydrogen) atoms. The van der Waals surface area contributed by atoms with Crippen molar-refractivity contribution in [3.05, 3.63) is 29.8 Å².